The highest BCUT2D eigenvalue weighted by molar-refractivity contribution is 7.85. The van der Waals surface area contributed by atoms with Crippen molar-refractivity contribution in [3.8, 4) is 0 Å². The highest BCUT2D eigenvalue weighted by Gasteiger charge is 2.28. The second-order valence-corrected chi connectivity index (χ2v) is 17.0. The van der Waals surface area contributed by atoms with Gasteiger partial charge in [0.25, 0.3) is 10.1 Å². The van der Waals surface area contributed by atoms with E-state index in [1.54, 1.807) is 0 Å². The first-order valence-electron chi connectivity index (χ1n) is 22.0. The van der Waals surface area contributed by atoms with Gasteiger partial charge in [0.05, 0.1) is 17.9 Å². The Balaban J connectivity index is 3.93. The molecule has 0 radical (unpaired) electrons. The Morgan fingerprint density at radius 2 is 0.824 bits per heavy atom. The number of nitrogens with one attached hydrogen (secondary N) is 1. The van der Waals surface area contributed by atoms with Gasteiger partial charge in [-0.15, -0.1) is 0 Å². The van der Waals surface area contributed by atoms with E-state index in [2.05, 4.69) is 31.3 Å². The first kappa shape index (κ1) is 50.0. The van der Waals surface area contributed by atoms with E-state index in [0.29, 0.717) is 19.3 Å². The summed E-state index contributed by atoms with van der Waals surface area (Å²) in [5, 5.41) is 23.6. The molecule has 0 aromatic carbocycles. The van der Waals surface area contributed by atoms with E-state index in [1.807, 2.05) is 0 Å². The zero-order valence-corrected chi connectivity index (χ0v) is 34.4. The summed E-state index contributed by atoms with van der Waals surface area (Å²) < 4.78 is 32.6. The number of hydrogen-bond acceptors (Lipinski definition) is 5. The molecule has 304 valence electrons. The molecule has 0 aliphatic carbocycles. The molecule has 0 aromatic heterocycles. The van der Waals surface area contributed by atoms with Gasteiger partial charge in [-0.3, -0.25) is 9.35 Å². The van der Waals surface area contributed by atoms with Crippen molar-refractivity contribution in [2.24, 2.45) is 0 Å². The van der Waals surface area contributed by atoms with E-state index in [4.69, 9.17) is 0 Å². The summed E-state index contributed by atoms with van der Waals surface area (Å²) in [5.41, 5.74) is 0. The minimum atomic E-state index is -4.41. The van der Waals surface area contributed by atoms with Gasteiger partial charge in [-0.25, -0.2) is 0 Å². The Morgan fingerprint density at radius 1 is 0.510 bits per heavy atom. The number of aliphatic hydroxyl groups is 2. The molecule has 0 bridgehead atoms. The fourth-order valence-electron chi connectivity index (χ4n) is 6.93. The largest absolute Gasteiger partial charge is 0.391 e. The monoisotopic (exact) mass is 744 g/mol. The Labute approximate surface area is 316 Å². The van der Waals surface area contributed by atoms with Crippen LogP contribution in [0.5, 0.6) is 0 Å². The minimum absolute atomic E-state index is 0.293. The maximum absolute atomic E-state index is 12.6. The molecule has 0 rings (SSSR count). The van der Waals surface area contributed by atoms with Gasteiger partial charge in [0, 0.05) is 0 Å². The summed E-state index contributed by atoms with van der Waals surface area (Å²) in [7, 11) is -4.41. The molecule has 3 unspecified atom stereocenters. The SMILES string of the molecule is CCCCCCCCCCC/C=C\CCCCCCCCC(O)C(=O)NC(CS(=O)(=O)O)C(O)CCCCCCCCCCCCCCCCC. The van der Waals surface area contributed by atoms with Crippen molar-refractivity contribution in [1.82, 2.24) is 5.32 Å². The van der Waals surface area contributed by atoms with Gasteiger partial charge in [0.1, 0.15) is 6.10 Å². The van der Waals surface area contributed by atoms with Gasteiger partial charge < -0.3 is 15.5 Å². The molecule has 7 nitrogen and oxygen atoms in total. The van der Waals surface area contributed by atoms with Crippen LogP contribution in [0.15, 0.2) is 12.2 Å². The summed E-state index contributed by atoms with van der Waals surface area (Å²) in [6, 6.07) is -1.15. The van der Waals surface area contributed by atoms with Crippen molar-refractivity contribution in [3.63, 3.8) is 0 Å². The quantitative estimate of drug-likeness (QED) is 0.0281. The topological polar surface area (TPSA) is 124 Å². The second kappa shape index (κ2) is 37.4. The van der Waals surface area contributed by atoms with Gasteiger partial charge >= 0.3 is 0 Å². The molecule has 0 spiro atoms. The number of aliphatic hydroxyl groups excluding tert-OH is 2. The van der Waals surface area contributed by atoms with Gasteiger partial charge in [-0.1, -0.05) is 206 Å². The molecular formula is C43H85NO6S. The Kier molecular flexibility index (Phi) is 36.7. The van der Waals surface area contributed by atoms with Crippen LogP contribution in [0.25, 0.3) is 0 Å². The molecule has 4 N–H and O–H groups in total. The smallest absolute Gasteiger partial charge is 0.266 e. The van der Waals surface area contributed by atoms with E-state index in [9.17, 15) is 28.0 Å². The van der Waals surface area contributed by atoms with Gasteiger partial charge in [-0.05, 0) is 38.5 Å². The summed E-state index contributed by atoms with van der Waals surface area (Å²) >= 11 is 0. The van der Waals surface area contributed by atoms with Gasteiger partial charge in [0.2, 0.25) is 5.91 Å². The molecule has 0 aliphatic heterocycles. The molecule has 8 heteroatoms. The maximum atomic E-state index is 12.6. The molecule has 0 saturated heterocycles. The van der Waals surface area contributed by atoms with Crippen molar-refractivity contribution in [2.75, 3.05) is 5.75 Å². The number of rotatable bonds is 40. The Morgan fingerprint density at radius 3 is 1.18 bits per heavy atom. The lowest BCUT2D eigenvalue weighted by molar-refractivity contribution is -0.131. The predicted molar refractivity (Wildman–Crippen MR) is 218 cm³/mol. The van der Waals surface area contributed by atoms with E-state index < -0.39 is 40.0 Å². The van der Waals surface area contributed by atoms with Crippen molar-refractivity contribution < 1.29 is 28.0 Å². The van der Waals surface area contributed by atoms with Crippen LogP contribution < -0.4 is 5.32 Å². The zero-order chi connectivity index (χ0) is 37.7. The molecule has 51 heavy (non-hydrogen) atoms. The first-order chi connectivity index (χ1) is 24.7. The van der Waals surface area contributed by atoms with Crippen molar-refractivity contribution in [3.05, 3.63) is 12.2 Å². The zero-order valence-electron chi connectivity index (χ0n) is 33.6. The number of unbranched alkanes of at least 4 members (excludes halogenated alkanes) is 29. The fourth-order valence-corrected chi connectivity index (χ4v) is 7.69. The van der Waals surface area contributed by atoms with Crippen molar-refractivity contribution in [2.45, 2.75) is 250 Å². The lowest BCUT2D eigenvalue weighted by Gasteiger charge is -2.24. The van der Waals surface area contributed by atoms with Crippen LogP contribution >= 0.6 is 0 Å². The van der Waals surface area contributed by atoms with Crippen LogP contribution in [0.1, 0.15) is 232 Å². The van der Waals surface area contributed by atoms with Crippen LogP contribution in [0, 0.1) is 0 Å². The van der Waals surface area contributed by atoms with Crippen LogP contribution in [0.4, 0.5) is 0 Å². The maximum Gasteiger partial charge on any atom is 0.266 e. The third kappa shape index (κ3) is 37.2. The van der Waals surface area contributed by atoms with Crippen LogP contribution in [0.3, 0.4) is 0 Å². The van der Waals surface area contributed by atoms with Crippen molar-refractivity contribution >= 4 is 16.0 Å². The highest BCUT2D eigenvalue weighted by Crippen LogP contribution is 2.16. The summed E-state index contributed by atoms with van der Waals surface area (Å²) in [4.78, 5) is 12.6. The van der Waals surface area contributed by atoms with E-state index >= 15 is 0 Å². The van der Waals surface area contributed by atoms with Crippen molar-refractivity contribution in [1.29, 1.82) is 0 Å². The molecule has 1 amide bonds. The number of allylic oxidation sites excluding steroid dienone is 2. The Bertz CT molecular complexity index is 880. The number of amides is 1. The number of hydrogen-bond donors (Lipinski definition) is 4. The van der Waals surface area contributed by atoms with Crippen LogP contribution in [-0.4, -0.2) is 53.1 Å². The molecule has 0 heterocycles. The lowest BCUT2D eigenvalue weighted by atomic mass is 10.0. The van der Waals surface area contributed by atoms with Crippen LogP contribution in [0.2, 0.25) is 0 Å². The lowest BCUT2D eigenvalue weighted by Crippen LogP contribution is -2.50. The number of carbonyl (C=O) groups is 1. The standard InChI is InChI=1S/C43H85NO6S/c1-3-5-7-9-11-13-15-17-19-20-21-22-24-26-28-30-32-34-36-38-42(46)43(47)44-40(39-51(48,49)50)41(45)37-35-33-31-29-27-25-23-18-16-14-12-10-8-6-4-2/h21-22,40-42,45-46H,3-20,23-39H2,1-2H3,(H,44,47)(H,48,49,50)/b22-21-. The summed E-state index contributed by atoms with van der Waals surface area (Å²) in [5.74, 6) is -1.45. The van der Waals surface area contributed by atoms with Crippen LogP contribution in [-0.2, 0) is 14.9 Å². The van der Waals surface area contributed by atoms with Gasteiger partial charge in [-0.2, -0.15) is 8.42 Å². The van der Waals surface area contributed by atoms with E-state index in [0.717, 1.165) is 51.4 Å². The minimum Gasteiger partial charge on any atom is -0.391 e. The fraction of sp³-hybridized carbons (Fsp3) is 0.930. The van der Waals surface area contributed by atoms with E-state index in [-0.39, 0.29) is 0 Å². The molecule has 0 aliphatic rings. The molecule has 0 aromatic rings. The van der Waals surface area contributed by atoms with E-state index in [1.165, 1.54) is 148 Å². The molecule has 0 fully saturated rings. The molecule has 0 saturated carbocycles. The second-order valence-electron chi connectivity index (χ2n) is 15.5. The summed E-state index contributed by atoms with van der Waals surface area (Å²) in [6.45, 7) is 4.52. The molecular weight excluding hydrogens is 659 g/mol. The highest BCUT2D eigenvalue weighted by atomic mass is 32.2. The molecule has 3 atom stereocenters. The summed E-state index contributed by atoms with van der Waals surface area (Å²) in [6.07, 6.45) is 42.3. The third-order valence-electron chi connectivity index (χ3n) is 10.3. The normalized spacial score (nSPS) is 13.9. The average molecular weight is 744 g/mol. The first-order valence-corrected chi connectivity index (χ1v) is 23.6. The predicted octanol–water partition coefficient (Wildman–Crippen LogP) is 11.9. The third-order valence-corrected chi connectivity index (χ3v) is 11.1. The average Bonchev–Trinajstić information content (AvgIpc) is 3.09. The Hall–Kier alpha value is -0.960. The van der Waals surface area contributed by atoms with Gasteiger partial charge in [0.15, 0.2) is 0 Å². The number of carbonyl (C=O) groups excluding carboxylic acids is 1.